The van der Waals surface area contributed by atoms with Crippen molar-refractivity contribution in [1.29, 1.82) is 0 Å². The number of hydrogen-bond donors (Lipinski definition) is 1. The third-order valence-corrected chi connectivity index (χ3v) is 5.90. The van der Waals surface area contributed by atoms with Gasteiger partial charge in [-0.15, -0.1) is 0 Å². The van der Waals surface area contributed by atoms with E-state index in [1.165, 1.54) is 141 Å². The monoisotopic (exact) mass is 363 g/mol. The minimum atomic E-state index is 1.07. The SMILES string of the molecule is C1=CCNCCCCCCCCCCCCCCCCCCCCCC1. The van der Waals surface area contributed by atoms with Crippen molar-refractivity contribution in [2.45, 2.75) is 135 Å². The van der Waals surface area contributed by atoms with Crippen LogP contribution in [0.1, 0.15) is 135 Å². The summed E-state index contributed by atoms with van der Waals surface area (Å²) in [6, 6.07) is 0. The maximum Gasteiger partial charge on any atom is 0.0134 e. The van der Waals surface area contributed by atoms with Gasteiger partial charge in [0.15, 0.2) is 0 Å². The van der Waals surface area contributed by atoms with Crippen LogP contribution < -0.4 is 5.32 Å². The highest BCUT2D eigenvalue weighted by molar-refractivity contribution is 4.83. The van der Waals surface area contributed by atoms with E-state index in [0.29, 0.717) is 0 Å². The Balaban J connectivity index is 2.04. The second kappa shape index (κ2) is 21.0. The molecule has 0 radical (unpaired) electrons. The smallest absolute Gasteiger partial charge is 0.0134 e. The molecule has 1 aliphatic heterocycles. The molecule has 1 nitrogen and oxygen atoms in total. The molecule has 0 saturated carbocycles. The standard InChI is InChI=1S/C25H49N/c1-2-4-6-8-10-12-14-16-18-20-22-24-26-25-23-21-19-17-15-13-11-9-7-5-3-1/h20,22,26H,1-19,21,23-25H2. The molecule has 0 aliphatic carbocycles. The molecular weight excluding hydrogens is 314 g/mol. The molecule has 154 valence electrons. The number of rotatable bonds is 0. The van der Waals surface area contributed by atoms with Crippen molar-refractivity contribution < 1.29 is 0 Å². The van der Waals surface area contributed by atoms with Gasteiger partial charge in [-0.3, -0.25) is 0 Å². The van der Waals surface area contributed by atoms with Crippen LogP contribution in [0.3, 0.4) is 0 Å². The summed E-state index contributed by atoms with van der Waals surface area (Å²) in [4.78, 5) is 0. The minimum absolute atomic E-state index is 1.07. The number of nitrogens with one attached hydrogen (secondary N) is 1. The first kappa shape index (κ1) is 23.7. The van der Waals surface area contributed by atoms with Crippen molar-refractivity contribution in [3.8, 4) is 0 Å². The molecule has 0 bridgehead atoms. The van der Waals surface area contributed by atoms with E-state index in [1.54, 1.807) is 0 Å². The highest BCUT2D eigenvalue weighted by atomic mass is 14.8. The van der Waals surface area contributed by atoms with Crippen LogP contribution in [-0.2, 0) is 0 Å². The van der Waals surface area contributed by atoms with Crippen molar-refractivity contribution in [3.05, 3.63) is 12.2 Å². The number of hydrogen-bond acceptors (Lipinski definition) is 1. The van der Waals surface area contributed by atoms with Gasteiger partial charge in [0.05, 0.1) is 0 Å². The predicted molar refractivity (Wildman–Crippen MR) is 119 cm³/mol. The molecule has 0 saturated heterocycles. The van der Waals surface area contributed by atoms with Crippen molar-refractivity contribution in [3.63, 3.8) is 0 Å². The van der Waals surface area contributed by atoms with Gasteiger partial charge in [0, 0.05) is 6.54 Å². The Kier molecular flexibility index (Phi) is 19.2. The van der Waals surface area contributed by atoms with Crippen molar-refractivity contribution >= 4 is 0 Å². The van der Waals surface area contributed by atoms with Gasteiger partial charge < -0.3 is 5.32 Å². The summed E-state index contributed by atoms with van der Waals surface area (Å²) >= 11 is 0. The van der Waals surface area contributed by atoms with Gasteiger partial charge in [-0.2, -0.15) is 0 Å². The Hall–Kier alpha value is -0.300. The van der Waals surface area contributed by atoms with E-state index in [2.05, 4.69) is 17.5 Å². The highest BCUT2D eigenvalue weighted by Gasteiger charge is 1.96. The zero-order valence-electron chi connectivity index (χ0n) is 17.9. The largest absolute Gasteiger partial charge is 0.313 e. The molecular formula is C25H49N. The number of allylic oxidation sites excluding steroid dienone is 1. The lowest BCUT2D eigenvalue weighted by molar-refractivity contribution is 0.519. The molecule has 1 rings (SSSR count). The van der Waals surface area contributed by atoms with Crippen molar-refractivity contribution in [2.75, 3.05) is 13.1 Å². The van der Waals surface area contributed by atoms with E-state index in [9.17, 15) is 0 Å². The summed E-state index contributed by atoms with van der Waals surface area (Å²) in [5.74, 6) is 0. The van der Waals surface area contributed by atoms with Crippen LogP contribution in [0.15, 0.2) is 12.2 Å². The first-order valence-corrected chi connectivity index (χ1v) is 12.4. The van der Waals surface area contributed by atoms with Gasteiger partial charge in [-0.1, -0.05) is 128 Å². The first-order valence-electron chi connectivity index (χ1n) is 12.4. The van der Waals surface area contributed by atoms with Crippen molar-refractivity contribution in [1.82, 2.24) is 5.32 Å². The van der Waals surface area contributed by atoms with Crippen LogP contribution in [-0.4, -0.2) is 13.1 Å². The third kappa shape index (κ3) is 18.5. The highest BCUT2D eigenvalue weighted by Crippen LogP contribution is 2.15. The van der Waals surface area contributed by atoms with Gasteiger partial charge in [0.1, 0.15) is 0 Å². The lowest BCUT2D eigenvalue weighted by atomic mass is 10.0. The fraction of sp³-hybridized carbons (Fsp3) is 0.920. The molecule has 0 fully saturated rings. The Morgan fingerprint density at radius 1 is 0.346 bits per heavy atom. The van der Waals surface area contributed by atoms with Gasteiger partial charge in [-0.25, -0.2) is 0 Å². The summed E-state index contributed by atoms with van der Waals surface area (Å²) in [5.41, 5.74) is 0. The Morgan fingerprint density at radius 2 is 0.692 bits per heavy atom. The normalized spacial score (nSPS) is 23.4. The summed E-state index contributed by atoms with van der Waals surface area (Å²) in [6.07, 6.45) is 35.2. The predicted octanol–water partition coefficient (Wildman–Crippen LogP) is 8.34. The summed E-state index contributed by atoms with van der Waals surface area (Å²) in [5, 5.41) is 3.56. The third-order valence-electron chi connectivity index (χ3n) is 5.90. The molecule has 1 aliphatic rings. The zero-order chi connectivity index (χ0) is 18.4. The summed E-state index contributed by atoms with van der Waals surface area (Å²) < 4.78 is 0. The molecule has 0 amide bonds. The lowest BCUT2D eigenvalue weighted by Crippen LogP contribution is -2.14. The van der Waals surface area contributed by atoms with Gasteiger partial charge in [-0.05, 0) is 25.8 Å². The maximum atomic E-state index is 3.56. The van der Waals surface area contributed by atoms with Crippen LogP contribution in [0.25, 0.3) is 0 Å². The van der Waals surface area contributed by atoms with E-state index >= 15 is 0 Å². The molecule has 1 heterocycles. The molecule has 0 aromatic heterocycles. The van der Waals surface area contributed by atoms with Gasteiger partial charge in [0.25, 0.3) is 0 Å². The average Bonchev–Trinajstić information content (AvgIpc) is 2.65. The second-order valence-electron chi connectivity index (χ2n) is 8.54. The quantitative estimate of drug-likeness (QED) is 0.426. The molecule has 26 heavy (non-hydrogen) atoms. The van der Waals surface area contributed by atoms with E-state index in [1.807, 2.05) is 0 Å². The fourth-order valence-electron chi connectivity index (χ4n) is 4.08. The van der Waals surface area contributed by atoms with Gasteiger partial charge in [0.2, 0.25) is 0 Å². The maximum absolute atomic E-state index is 3.56. The van der Waals surface area contributed by atoms with E-state index in [0.717, 1.165) is 6.54 Å². The zero-order valence-corrected chi connectivity index (χ0v) is 17.9. The summed E-state index contributed by atoms with van der Waals surface area (Å²) in [7, 11) is 0. The molecule has 0 atom stereocenters. The molecule has 0 aromatic carbocycles. The average molecular weight is 364 g/mol. The van der Waals surface area contributed by atoms with Gasteiger partial charge >= 0.3 is 0 Å². The molecule has 1 N–H and O–H groups in total. The van der Waals surface area contributed by atoms with E-state index in [-0.39, 0.29) is 0 Å². The summed E-state index contributed by atoms with van der Waals surface area (Å²) in [6.45, 7) is 2.27. The molecule has 0 unspecified atom stereocenters. The van der Waals surface area contributed by atoms with Crippen LogP contribution in [0.4, 0.5) is 0 Å². The van der Waals surface area contributed by atoms with Crippen LogP contribution in [0.5, 0.6) is 0 Å². The molecule has 0 aromatic rings. The van der Waals surface area contributed by atoms with E-state index in [4.69, 9.17) is 0 Å². The first-order chi connectivity index (χ1) is 13.0. The second-order valence-corrected chi connectivity index (χ2v) is 8.54. The topological polar surface area (TPSA) is 12.0 Å². The minimum Gasteiger partial charge on any atom is -0.313 e. The molecule has 1 heteroatoms. The Bertz CT molecular complexity index is 256. The van der Waals surface area contributed by atoms with E-state index < -0.39 is 0 Å². The lowest BCUT2D eigenvalue weighted by Gasteiger charge is -2.05. The van der Waals surface area contributed by atoms with Crippen LogP contribution in [0.2, 0.25) is 0 Å². The van der Waals surface area contributed by atoms with Crippen LogP contribution in [0, 0.1) is 0 Å². The fourth-order valence-corrected chi connectivity index (χ4v) is 4.08. The molecule has 0 spiro atoms. The Labute approximate surface area is 165 Å². The van der Waals surface area contributed by atoms with Crippen molar-refractivity contribution in [2.24, 2.45) is 0 Å². The Morgan fingerprint density at radius 3 is 1.12 bits per heavy atom. The van der Waals surface area contributed by atoms with Crippen LogP contribution >= 0.6 is 0 Å².